The monoisotopic (exact) mass is 393 g/mol. The molecule has 10 heteroatoms. The van der Waals surface area contributed by atoms with Gasteiger partial charge in [-0.3, -0.25) is 9.36 Å². The van der Waals surface area contributed by atoms with E-state index in [1.165, 1.54) is 31.4 Å². The van der Waals surface area contributed by atoms with E-state index in [1.54, 1.807) is 7.05 Å². The van der Waals surface area contributed by atoms with Gasteiger partial charge in [-0.05, 0) is 31.2 Å². The minimum atomic E-state index is -0.503. The van der Waals surface area contributed by atoms with Gasteiger partial charge in [0.25, 0.3) is 5.56 Å². The van der Waals surface area contributed by atoms with E-state index in [4.69, 9.17) is 4.42 Å². The maximum atomic E-state index is 12.6. The minimum Gasteiger partial charge on any atom is -0.390 e. The fraction of sp³-hybridized carbons (Fsp3) is 0.368. The number of fused-ring (bicyclic) bond motifs is 1. The quantitative estimate of drug-likeness (QED) is 0.511. The largest absolute Gasteiger partial charge is 0.437 e. The van der Waals surface area contributed by atoms with Crippen molar-refractivity contribution in [3.05, 3.63) is 68.5 Å². The van der Waals surface area contributed by atoms with E-state index >= 15 is 0 Å². The highest BCUT2D eigenvalue weighted by atomic mass is 16.4. The van der Waals surface area contributed by atoms with Crippen LogP contribution in [0, 0.1) is 6.92 Å². The molecule has 1 saturated carbocycles. The van der Waals surface area contributed by atoms with Crippen LogP contribution < -0.4 is 11.3 Å². The number of aryl methyl sites for hydroxylation is 2. The average molecular weight is 393 g/mol. The number of hydrogen-bond donors (Lipinski definition) is 0. The molecule has 0 radical (unpaired) electrons. The van der Waals surface area contributed by atoms with E-state index in [0.717, 1.165) is 12.8 Å². The predicted molar refractivity (Wildman–Crippen MR) is 103 cm³/mol. The van der Waals surface area contributed by atoms with Gasteiger partial charge in [0.2, 0.25) is 11.5 Å². The third-order valence-corrected chi connectivity index (χ3v) is 5.52. The van der Waals surface area contributed by atoms with E-state index in [-0.39, 0.29) is 35.2 Å². The van der Waals surface area contributed by atoms with Gasteiger partial charge in [0.05, 0.1) is 6.04 Å². The topological polar surface area (TPSA) is 114 Å². The summed E-state index contributed by atoms with van der Waals surface area (Å²) in [5, 5.41) is 11.9. The van der Waals surface area contributed by atoms with Gasteiger partial charge >= 0.3 is 5.76 Å². The third kappa shape index (κ3) is 2.96. The van der Waals surface area contributed by atoms with Gasteiger partial charge in [-0.25, -0.2) is 14.5 Å². The molecule has 1 aliphatic carbocycles. The highest BCUT2D eigenvalue weighted by Gasteiger charge is 2.34. The zero-order valence-electron chi connectivity index (χ0n) is 16.0. The third-order valence-electron chi connectivity index (χ3n) is 5.52. The smallest absolute Gasteiger partial charge is 0.390 e. The van der Waals surface area contributed by atoms with Gasteiger partial charge in [0, 0.05) is 7.05 Å². The summed E-state index contributed by atoms with van der Waals surface area (Å²) in [5.74, 6) is 0.0861. The Labute approximate surface area is 164 Å². The van der Waals surface area contributed by atoms with Crippen molar-refractivity contribution in [2.45, 2.75) is 38.3 Å². The molecule has 1 aromatic carbocycles. The van der Waals surface area contributed by atoms with Crippen molar-refractivity contribution < 1.29 is 4.42 Å². The second kappa shape index (κ2) is 6.50. The molecule has 0 amide bonds. The first-order chi connectivity index (χ1) is 14.0. The van der Waals surface area contributed by atoms with Crippen molar-refractivity contribution in [1.82, 2.24) is 34.3 Å². The molecule has 0 saturated heterocycles. The van der Waals surface area contributed by atoms with E-state index in [2.05, 4.69) is 51.6 Å². The summed E-state index contributed by atoms with van der Waals surface area (Å²) in [5.41, 5.74) is 2.75. The minimum absolute atomic E-state index is 0.00454. The first kappa shape index (κ1) is 17.5. The molecule has 0 bridgehead atoms. The van der Waals surface area contributed by atoms with Crippen LogP contribution in [0.4, 0.5) is 0 Å². The van der Waals surface area contributed by atoms with Crippen LogP contribution in [0.2, 0.25) is 0 Å². The number of rotatable bonds is 4. The predicted octanol–water partition coefficient (Wildman–Crippen LogP) is 1.15. The van der Waals surface area contributed by atoms with Crippen LogP contribution in [0.3, 0.4) is 0 Å². The second-order valence-electron chi connectivity index (χ2n) is 7.50. The SMILES string of the molecule is Cc1ccc(C2CC(n3nc(Cn4cnc5nnn(C)c5c4=O)oc3=O)C2)cc1. The lowest BCUT2D eigenvalue weighted by atomic mass is 9.76. The number of nitrogens with zero attached hydrogens (tertiary/aromatic N) is 7. The van der Waals surface area contributed by atoms with E-state index in [9.17, 15) is 9.59 Å². The molecule has 1 fully saturated rings. The summed E-state index contributed by atoms with van der Waals surface area (Å²) in [4.78, 5) is 29.0. The van der Waals surface area contributed by atoms with Crippen LogP contribution in [-0.4, -0.2) is 34.3 Å². The Morgan fingerprint density at radius 2 is 1.93 bits per heavy atom. The van der Waals surface area contributed by atoms with Gasteiger partial charge in [0.1, 0.15) is 12.9 Å². The summed E-state index contributed by atoms with van der Waals surface area (Å²) >= 11 is 0. The molecular weight excluding hydrogens is 374 g/mol. The maximum Gasteiger partial charge on any atom is 0.437 e. The fourth-order valence-electron chi connectivity index (χ4n) is 3.76. The molecule has 29 heavy (non-hydrogen) atoms. The Hall–Kier alpha value is -3.56. The molecular formula is C19H19N7O3. The van der Waals surface area contributed by atoms with Gasteiger partial charge in [-0.2, -0.15) is 4.68 Å². The van der Waals surface area contributed by atoms with Crippen LogP contribution in [0.5, 0.6) is 0 Å². The summed E-state index contributed by atoms with van der Waals surface area (Å²) < 4.78 is 9.37. The van der Waals surface area contributed by atoms with Crippen LogP contribution >= 0.6 is 0 Å². The molecule has 10 nitrogen and oxygen atoms in total. The van der Waals surface area contributed by atoms with Crippen LogP contribution in [0.1, 0.15) is 41.8 Å². The summed E-state index contributed by atoms with van der Waals surface area (Å²) in [7, 11) is 1.62. The number of aromatic nitrogens is 7. The Balaban J connectivity index is 1.35. The van der Waals surface area contributed by atoms with Gasteiger partial charge in [-0.1, -0.05) is 35.0 Å². The number of hydrogen-bond acceptors (Lipinski definition) is 7. The van der Waals surface area contributed by atoms with Gasteiger partial charge in [-0.15, -0.1) is 10.2 Å². The fourth-order valence-corrected chi connectivity index (χ4v) is 3.76. The zero-order valence-corrected chi connectivity index (χ0v) is 16.0. The van der Waals surface area contributed by atoms with Crippen molar-refractivity contribution >= 4 is 11.2 Å². The molecule has 0 atom stereocenters. The van der Waals surface area contributed by atoms with Crippen molar-refractivity contribution in [1.29, 1.82) is 0 Å². The van der Waals surface area contributed by atoms with Crippen molar-refractivity contribution in [3.8, 4) is 0 Å². The lowest BCUT2D eigenvalue weighted by molar-refractivity contribution is 0.233. The number of benzene rings is 1. The molecule has 0 aliphatic heterocycles. The molecule has 1 aliphatic rings. The highest BCUT2D eigenvalue weighted by Crippen LogP contribution is 2.43. The van der Waals surface area contributed by atoms with Crippen LogP contribution in [0.15, 0.2) is 44.6 Å². The Morgan fingerprint density at radius 1 is 1.17 bits per heavy atom. The van der Waals surface area contributed by atoms with Crippen molar-refractivity contribution in [3.63, 3.8) is 0 Å². The lowest BCUT2D eigenvalue weighted by Crippen LogP contribution is -2.31. The second-order valence-corrected chi connectivity index (χ2v) is 7.50. The van der Waals surface area contributed by atoms with Crippen LogP contribution in [-0.2, 0) is 13.6 Å². The van der Waals surface area contributed by atoms with Crippen molar-refractivity contribution in [2.24, 2.45) is 7.05 Å². The molecule has 0 unspecified atom stereocenters. The van der Waals surface area contributed by atoms with E-state index < -0.39 is 5.76 Å². The average Bonchev–Trinajstić information content (AvgIpc) is 3.21. The highest BCUT2D eigenvalue weighted by molar-refractivity contribution is 5.67. The molecule has 0 N–H and O–H groups in total. The summed E-state index contributed by atoms with van der Waals surface area (Å²) in [6, 6.07) is 8.48. The standard InChI is InChI=1S/C19H19N7O3/c1-11-3-5-12(6-4-11)13-7-14(8-13)26-19(28)29-15(22-26)9-25-10-20-17-16(18(25)27)24(2)23-21-17/h3-6,10,13-14H,7-9H2,1-2H3. The molecule has 4 aromatic rings. The Kier molecular flexibility index (Phi) is 3.93. The summed E-state index contributed by atoms with van der Waals surface area (Å²) in [6.45, 7) is 2.08. The van der Waals surface area contributed by atoms with E-state index in [0.29, 0.717) is 5.92 Å². The summed E-state index contributed by atoms with van der Waals surface area (Å²) in [6.07, 6.45) is 3.03. The molecule has 3 heterocycles. The lowest BCUT2D eigenvalue weighted by Gasteiger charge is -2.34. The maximum absolute atomic E-state index is 12.6. The molecule has 0 spiro atoms. The zero-order chi connectivity index (χ0) is 20.1. The van der Waals surface area contributed by atoms with Crippen molar-refractivity contribution in [2.75, 3.05) is 0 Å². The van der Waals surface area contributed by atoms with Gasteiger partial charge in [0.15, 0.2) is 5.52 Å². The van der Waals surface area contributed by atoms with E-state index in [1.807, 2.05) is 0 Å². The first-order valence-corrected chi connectivity index (χ1v) is 9.39. The molecule has 5 rings (SSSR count). The molecule has 148 valence electrons. The van der Waals surface area contributed by atoms with Crippen LogP contribution in [0.25, 0.3) is 11.2 Å². The first-order valence-electron chi connectivity index (χ1n) is 9.39. The Morgan fingerprint density at radius 3 is 2.69 bits per heavy atom. The van der Waals surface area contributed by atoms with Gasteiger partial charge < -0.3 is 4.42 Å². The normalized spacial score (nSPS) is 18.8. The molecule has 3 aromatic heterocycles. The Bertz CT molecular complexity index is 1310.